The van der Waals surface area contributed by atoms with Gasteiger partial charge < -0.3 is 9.88 Å². The predicted octanol–water partition coefficient (Wildman–Crippen LogP) is 4.89. The molecule has 30 heavy (non-hydrogen) atoms. The number of aromatic amines is 2. The van der Waals surface area contributed by atoms with Crippen LogP contribution in [-0.2, 0) is 6.42 Å². The molecule has 4 rings (SSSR count). The standard InChI is InChI=1S/C24H30N4OS/c1-28(2)21-10-6-9-19(25-21)15-20-22(26-24(30)27-23(20)29)18-13-11-17(12-14-18)16-7-4-3-5-8-16/h3-7,9-10,16-18H,8,11-15H2,1-2H3,(H2,26,27,29,30)/t16?,17-,18-. The van der Waals surface area contributed by atoms with Gasteiger partial charge in [-0.25, -0.2) is 4.98 Å². The van der Waals surface area contributed by atoms with E-state index in [1.54, 1.807) is 0 Å². The lowest BCUT2D eigenvalue weighted by atomic mass is 9.72. The van der Waals surface area contributed by atoms with Gasteiger partial charge in [0.2, 0.25) is 0 Å². The number of aromatic nitrogens is 3. The van der Waals surface area contributed by atoms with Gasteiger partial charge in [0.05, 0.1) is 0 Å². The first-order valence-electron chi connectivity index (χ1n) is 10.8. The van der Waals surface area contributed by atoms with Crippen molar-refractivity contribution in [2.45, 2.75) is 44.4 Å². The Morgan fingerprint density at radius 3 is 2.63 bits per heavy atom. The minimum Gasteiger partial charge on any atom is -0.363 e. The van der Waals surface area contributed by atoms with Crippen molar-refractivity contribution in [3.05, 3.63) is 74.6 Å². The van der Waals surface area contributed by atoms with Gasteiger partial charge in [0.25, 0.3) is 5.56 Å². The third-order valence-electron chi connectivity index (χ3n) is 6.48. The largest absolute Gasteiger partial charge is 0.363 e. The molecule has 2 aliphatic carbocycles. The van der Waals surface area contributed by atoms with Crippen molar-refractivity contribution >= 4 is 18.0 Å². The molecule has 0 amide bonds. The van der Waals surface area contributed by atoms with Gasteiger partial charge in [-0.3, -0.25) is 9.78 Å². The second-order valence-corrected chi connectivity index (χ2v) is 9.09. The van der Waals surface area contributed by atoms with Crippen molar-refractivity contribution in [3.8, 4) is 0 Å². The van der Waals surface area contributed by atoms with Gasteiger partial charge in [-0.15, -0.1) is 0 Å². The molecule has 1 unspecified atom stereocenters. The molecule has 0 aliphatic heterocycles. The van der Waals surface area contributed by atoms with Crippen LogP contribution in [0.3, 0.4) is 0 Å². The van der Waals surface area contributed by atoms with Gasteiger partial charge in [-0.2, -0.15) is 0 Å². The summed E-state index contributed by atoms with van der Waals surface area (Å²) in [5.74, 6) is 2.63. The summed E-state index contributed by atoms with van der Waals surface area (Å²) in [6.07, 6.45) is 15.2. The van der Waals surface area contributed by atoms with E-state index in [9.17, 15) is 4.79 Å². The van der Waals surface area contributed by atoms with Crippen molar-refractivity contribution in [2.75, 3.05) is 19.0 Å². The highest BCUT2D eigenvalue weighted by atomic mass is 32.1. The highest BCUT2D eigenvalue weighted by Gasteiger charge is 2.29. The lowest BCUT2D eigenvalue weighted by molar-refractivity contribution is 0.262. The van der Waals surface area contributed by atoms with Crippen LogP contribution in [0.2, 0.25) is 0 Å². The van der Waals surface area contributed by atoms with Crippen LogP contribution in [0.1, 0.15) is 55.0 Å². The fourth-order valence-electron chi connectivity index (χ4n) is 4.83. The summed E-state index contributed by atoms with van der Waals surface area (Å²) in [6.45, 7) is 0. The van der Waals surface area contributed by atoms with Gasteiger partial charge in [-0.1, -0.05) is 30.4 Å². The first-order valence-corrected chi connectivity index (χ1v) is 11.2. The smallest absolute Gasteiger partial charge is 0.255 e. The Kier molecular flexibility index (Phi) is 6.32. The molecule has 2 aromatic heterocycles. The number of nitrogens with zero attached hydrogens (tertiary/aromatic N) is 2. The second kappa shape index (κ2) is 9.13. The number of allylic oxidation sites excluding steroid dienone is 4. The third-order valence-corrected chi connectivity index (χ3v) is 6.69. The van der Waals surface area contributed by atoms with Crippen LogP contribution in [0, 0.1) is 16.6 Å². The Morgan fingerprint density at radius 1 is 1.13 bits per heavy atom. The molecule has 2 aromatic rings. The van der Waals surface area contributed by atoms with Gasteiger partial charge in [0.1, 0.15) is 5.82 Å². The summed E-state index contributed by atoms with van der Waals surface area (Å²) < 4.78 is 0.413. The maximum absolute atomic E-state index is 12.8. The number of nitrogens with one attached hydrogen (secondary N) is 2. The average molecular weight is 423 g/mol. The Hall–Kier alpha value is -2.47. The molecule has 1 fully saturated rings. The van der Waals surface area contributed by atoms with Crippen molar-refractivity contribution in [3.63, 3.8) is 0 Å². The predicted molar refractivity (Wildman–Crippen MR) is 125 cm³/mol. The Morgan fingerprint density at radius 2 is 1.93 bits per heavy atom. The number of rotatable bonds is 5. The molecule has 0 radical (unpaired) electrons. The molecular weight excluding hydrogens is 392 g/mol. The average Bonchev–Trinajstić information content (AvgIpc) is 2.76. The van der Waals surface area contributed by atoms with E-state index in [1.807, 2.05) is 37.2 Å². The molecule has 1 atom stereocenters. The van der Waals surface area contributed by atoms with E-state index < -0.39 is 0 Å². The molecule has 1 saturated carbocycles. The monoisotopic (exact) mass is 422 g/mol. The molecule has 2 aliphatic rings. The lowest BCUT2D eigenvalue weighted by Gasteiger charge is -2.33. The van der Waals surface area contributed by atoms with Crippen molar-refractivity contribution < 1.29 is 0 Å². The van der Waals surface area contributed by atoms with E-state index in [1.165, 1.54) is 12.8 Å². The van der Waals surface area contributed by atoms with Crippen molar-refractivity contribution in [1.82, 2.24) is 15.0 Å². The zero-order chi connectivity index (χ0) is 21.1. The number of H-pyrrole nitrogens is 2. The van der Waals surface area contributed by atoms with Crippen LogP contribution < -0.4 is 10.5 Å². The molecule has 5 nitrogen and oxygen atoms in total. The first kappa shape index (κ1) is 20.8. The SMILES string of the molecule is CN(C)c1cccc(Cc2c(=O)[nH]c(=S)[nH]c2[C@H]2CC[C@H](C3C=CC=CC3)CC2)n1. The molecule has 6 heteroatoms. The molecule has 158 valence electrons. The zero-order valence-corrected chi connectivity index (χ0v) is 18.5. The van der Waals surface area contributed by atoms with Crippen LogP contribution >= 0.6 is 12.2 Å². The van der Waals surface area contributed by atoms with Gasteiger partial charge in [0, 0.05) is 37.5 Å². The minimum absolute atomic E-state index is 0.0896. The van der Waals surface area contributed by atoms with E-state index in [2.05, 4.69) is 34.3 Å². The number of anilines is 1. The van der Waals surface area contributed by atoms with Gasteiger partial charge in [0.15, 0.2) is 4.77 Å². The van der Waals surface area contributed by atoms with E-state index in [0.29, 0.717) is 23.0 Å². The quantitative estimate of drug-likeness (QED) is 0.674. The van der Waals surface area contributed by atoms with E-state index in [4.69, 9.17) is 17.2 Å². The minimum atomic E-state index is -0.0896. The fourth-order valence-corrected chi connectivity index (χ4v) is 5.04. The molecular formula is C24H30N4OS. The van der Waals surface area contributed by atoms with Gasteiger partial charge >= 0.3 is 0 Å². The first-order chi connectivity index (χ1) is 14.5. The van der Waals surface area contributed by atoms with Crippen LogP contribution in [0.15, 0.2) is 47.3 Å². The molecule has 2 N–H and O–H groups in total. The highest BCUT2D eigenvalue weighted by Crippen LogP contribution is 2.40. The van der Waals surface area contributed by atoms with Crippen molar-refractivity contribution in [2.24, 2.45) is 11.8 Å². The summed E-state index contributed by atoms with van der Waals surface area (Å²) in [7, 11) is 3.94. The number of hydrogen-bond acceptors (Lipinski definition) is 4. The highest BCUT2D eigenvalue weighted by molar-refractivity contribution is 7.71. The summed E-state index contributed by atoms with van der Waals surface area (Å²) in [5, 5.41) is 0. The molecule has 0 saturated heterocycles. The maximum atomic E-state index is 12.8. The molecule has 0 aromatic carbocycles. The lowest BCUT2D eigenvalue weighted by Crippen LogP contribution is -2.25. The summed E-state index contributed by atoms with van der Waals surface area (Å²) in [5.41, 5.74) is 2.59. The maximum Gasteiger partial charge on any atom is 0.255 e. The van der Waals surface area contributed by atoms with Gasteiger partial charge in [-0.05, 0) is 74.2 Å². The van der Waals surface area contributed by atoms with Crippen LogP contribution in [0.4, 0.5) is 5.82 Å². The number of hydrogen-bond donors (Lipinski definition) is 2. The van der Waals surface area contributed by atoms with Crippen molar-refractivity contribution in [1.29, 1.82) is 0 Å². The van der Waals surface area contributed by atoms with Crippen LogP contribution in [0.5, 0.6) is 0 Å². The summed E-state index contributed by atoms with van der Waals surface area (Å²) in [6, 6.07) is 5.95. The summed E-state index contributed by atoms with van der Waals surface area (Å²) >= 11 is 5.31. The van der Waals surface area contributed by atoms with E-state index >= 15 is 0 Å². The number of pyridine rings is 1. The van der Waals surface area contributed by atoms with E-state index in [0.717, 1.165) is 47.9 Å². The zero-order valence-electron chi connectivity index (χ0n) is 17.7. The second-order valence-electron chi connectivity index (χ2n) is 8.68. The Balaban J connectivity index is 1.56. The Bertz CT molecular complexity index is 1060. The topological polar surface area (TPSA) is 64.8 Å². The molecule has 0 bridgehead atoms. The summed E-state index contributed by atoms with van der Waals surface area (Å²) in [4.78, 5) is 25.6. The van der Waals surface area contributed by atoms with Crippen LogP contribution in [-0.4, -0.2) is 29.0 Å². The third kappa shape index (κ3) is 4.64. The normalized spacial score (nSPS) is 23.5. The Labute approximate surface area is 183 Å². The molecule has 2 heterocycles. The fraction of sp³-hybridized carbons (Fsp3) is 0.458. The van der Waals surface area contributed by atoms with Crippen LogP contribution in [0.25, 0.3) is 0 Å². The molecule has 0 spiro atoms. The van der Waals surface area contributed by atoms with E-state index in [-0.39, 0.29) is 5.56 Å².